The molecule has 1 aromatic carbocycles. The predicted molar refractivity (Wildman–Crippen MR) is 115 cm³/mol. The van der Waals surface area contributed by atoms with Gasteiger partial charge in [0.05, 0.1) is 23.8 Å². The fraction of sp³-hybridized carbons (Fsp3) is 0.429. The molecule has 150 valence electrons. The number of nitrogens with zero attached hydrogens (tertiary/aromatic N) is 2. The van der Waals surface area contributed by atoms with Gasteiger partial charge in [0.1, 0.15) is 5.82 Å². The van der Waals surface area contributed by atoms with E-state index in [0.29, 0.717) is 48.0 Å². The lowest BCUT2D eigenvalue weighted by Gasteiger charge is -2.27. The van der Waals surface area contributed by atoms with Crippen LogP contribution in [0.4, 0.5) is 5.82 Å². The van der Waals surface area contributed by atoms with Gasteiger partial charge in [-0.25, -0.2) is 4.98 Å². The number of carbonyl (C=O) groups excluding carboxylic acids is 1. The first kappa shape index (κ1) is 21.0. The van der Waals surface area contributed by atoms with Gasteiger partial charge in [-0.1, -0.05) is 37.6 Å². The zero-order chi connectivity index (χ0) is 20.1. The third kappa shape index (κ3) is 5.40. The summed E-state index contributed by atoms with van der Waals surface area (Å²) in [6.07, 6.45) is 1.58. The van der Waals surface area contributed by atoms with Crippen molar-refractivity contribution in [1.29, 1.82) is 0 Å². The van der Waals surface area contributed by atoms with Crippen LogP contribution in [0.5, 0.6) is 0 Å². The molecule has 0 aliphatic carbocycles. The van der Waals surface area contributed by atoms with Gasteiger partial charge in [0, 0.05) is 35.5 Å². The summed E-state index contributed by atoms with van der Waals surface area (Å²) >= 11 is 8.25. The van der Waals surface area contributed by atoms with E-state index in [1.54, 1.807) is 17.2 Å². The molecular formula is C21H26ClN3O2S. The van der Waals surface area contributed by atoms with Crippen LogP contribution < -0.4 is 5.32 Å². The Labute approximate surface area is 175 Å². The van der Waals surface area contributed by atoms with Gasteiger partial charge in [-0.05, 0) is 30.7 Å². The highest BCUT2D eigenvalue weighted by Gasteiger charge is 2.20. The van der Waals surface area contributed by atoms with Crippen LogP contribution in [0.1, 0.15) is 42.7 Å². The minimum atomic E-state index is -0.0597. The number of hydrogen-bond acceptors (Lipinski definition) is 5. The molecule has 1 unspecified atom stereocenters. The summed E-state index contributed by atoms with van der Waals surface area (Å²) in [5.74, 6) is 0.517. The Hall–Kier alpha value is -1.76. The number of halogens is 1. The number of anilines is 1. The molecule has 5 nitrogen and oxygen atoms in total. The van der Waals surface area contributed by atoms with Crippen LogP contribution in [0.2, 0.25) is 5.02 Å². The first-order valence-corrected chi connectivity index (χ1v) is 10.8. The van der Waals surface area contributed by atoms with E-state index in [2.05, 4.69) is 55.3 Å². The second-order valence-corrected chi connectivity index (χ2v) is 9.12. The first-order valence-electron chi connectivity index (χ1n) is 9.49. The molecule has 0 spiro atoms. The SMILES string of the molecule is CC(C)Sc1ccc(C(C)Nc2ncc(C(=O)N3CCOCC3)cc2Cl)cc1. The molecule has 7 heteroatoms. The van der Waals surface area contributed by atoms with Crippen molar-refractivity contribution in [1.82, 2.24) is 9.88 Å². The molecule has 0 bridgehead atoms. The first-order chi connectivity index (χ1) is 13.4. The van der Waals surface area contributed by atoms with Crippen molar-refractivity contribution in [2.24, 2.45) is 0 Å². The number of morpholine rings is 1. The molecule has 3 rings (SSSR count). The monoisotopic (exact) mass is 419 g/mol. The van der Waals surface area contributed by atoms with Crippen molar-refractivity contribution < 1.29 is 9.53 Å². The third-order valence-electron chi connectivity index (χ3n) is 4.49. The molecule has 1 aliphatic rings. The van der Waals surface area contributed by atoms with E-state index in [1.807, 2.05) is 11.8 Å². The van der Waals surface area contributed by atoms with Gasteiger partial charge >= 0.3 is 0 Å². The average molecular weight is 420 g/mol. The second-order valence-electron chi connectivity index (χ2n) is 7.06. The number of hydrogen-bond donors (Lipinski definition) is 1. The van der Waals surface area contributed by atoms with E-state index in [0.717, 1.165) is 5.56 Å². The molecule has 1 amide bonds. The third-order valence-corrected chi connectivity index (χ3v) is 5.80. The van der Waals surface area contributed by atoms with E-state index in [1.165, 1.54) is 4.90 Å². The van der Waals surface area contributed by atoms with E-state index in [4.69, 9.17) is 16.3 Å². The molecule has 2 aromatic rings. The number of carbonyl (C=O) groups is 1. The van der Waals surface area contributed by atoms with Crippen LogP contribution >= 0.6 is 23.4 Å². The van der Waals surface area contributed by atoms with Gasteiger partial charge in [-0.15, -0.1) is 11.8 Å². The summed E-state index contributed by atoms with van der Waals surface area (Å²) in [5.41, 5.74) is 1.65. The summed E-state index contributed by atoms with van der Waals surface area (Å²) in [5, 5.41) is 4.34. The Morgan fingerprint density at radius 1 is 1.21 bits per heavy atom. The highest BCUT2D eigenvalue weighted by molar-refractivity contribution is 7.99. The molecule has 1 fully saturated rings. The van der Waals surface area contributed by atoms with Gasteiger partial charge in [0.15, 0.2) is 0 Å². The van der Waals surface area contributed by atoms with E-state index < -0.39 is 0 Å². The number of thioether (sulfide) groups is 1. The smallest absolute Gasteiger partial charge is 0.255 e. The lowest BCUT2D eigenvalue weighted by atomic mass is 10.1. The molecular weight excluding hydrogens is 394 g/mol. The zero-order valence-corrected chi connectivity index (χ0v) is 18.0. The molecule has 28 heavy (non-hydrogen) atoms. The number of rotatable bonds is 6. The highest BCUT2D eigenvalue weighted by atomic mass is 35.5. The normalized spacial score (nSPS) is 15.5. The van der Waals surface area contributed by atoms with Crippen LogP contribution in [-0.2, 0) is 4.74 Å². The molecule has 1 aliphatic heterocycles. The quantitative estimate of drug-likeness (QED) is 0.676. The van der Waals surface area contributed by atoms with Crippen molar-refractivity contribution in [3.8, 4) is 0 Å². The molecule has 1 atom stereocenters. The average Bonchev–Trinajstić information content (AvgIpc) is 2.69. The maximum atomic E-state index is 12.6. The summed E-state index contributed by atoms with van der Waals surface area (Å²) < 4.78 is 5.29. The van der Waals surface area contributed by atoms with E-state index in [-0.39, 0.29) is 11.9 Å². The molecule has 1 N–H and O–H groups in total. The van der Waals surface area contributed by atoms with Crippen molar-refractivity contribution in [3.63, 3.8) is 0 Å². The predicted octanol–water partition coefficient (Wildman–Crippen LogP) is 4.88. The maximum absolute atomic E-state index is 12.6. The van der Waals surface area contributed by atoms with Gasteiger partial charge in [-0.2, -0.15) is 0 Å². The van der Waals surface area contributed by atoms with Crippen LogP contribution in [0.15, 0.2) is 41.4 Å². The second kappa shape index (κ2) is 9.63. The zero-order valence-electron chi connectivity index (χ0n) is 16.4. The molecule has 2 heterocycles. The van der Waals surface area contributed by atoms with Gasteiger partial charge in [0.2, 0.25) is 0 Å². The minimum absolute atomic E-state index is 0.0453. The van der Waals surface area contributed by atoms with E-state index >= 15 is 0 Å². The molecule has 1 saturated heterocycles. The van der Waals surface area contributed by atoms with Gasteiger partial charge < -0.3 is 15.0 Å². The number of nitrogens with one attached hydrogen (secondary N) is 1. The Balaban J connectivity index is 1.66. The number of aromatic nitrogens is 1. The van der Waals surface area contributed by atoms with Crippen LogP contribution in [-0.4, -0.2) is 47.3 Å². The van der Waals surface area contributed by atoms with Gasteiger partial charge in [-0.3, -0.25) is 4.79 Å². The molecule has 1 aromatic heterocycles. The van der Waals surface area contributed by atoms with Crippen molar-refractivity contribution in [2.45, 2.75) is 37.0 Å². The molecule has 0 radical (unpaired) electrons. The van der Waals surface area contributed by atoms with Crippen molar-refractivity contribution >= 4 is 35.1 Å². The van der Waals surface area contributed by atoms with Crippen LogP contribution in [0.25, 0.3) is 0 Å². The lowest BCUT2D eigenvalue weighted by Crippen LogP contribution is -2.40. The number of benzene rings is 1. The highest BCUT2D eigenvalue weighted by Crippen LogP contribution is 2.28. The van der Waals surface area contributed by atoms with Crippen molar-refractivity contribution in [3.05, 3.63) is 52.7 Å². The standard InChI is InChI=1S/C21H26ClN3O2S/c1-14(2)28-18-6-4-16(5-7-18)15(3)24-20-19(22)12-17(13-23-20)21(26)25-8-10-27-11-9-25/h4-7,12-15H,8-11H2,1-3H3,(H,23,24). The minimum Gasteiger partial charge on any atom is -0.378 e. The van der Waals surface area contributed by atoms with E-state index in [9.17, 15) is 4.79 Å². The lowest BCUT2D eigenvalue weighted by molar-refractivity contribution is 0.0302. The summed E-state index contributed by atoms with van der Waals surface area (Å²) in [7, 11) is 0. The summed E-state index contributed by atoms with van der Waals surface area (Å²) in [6.45, 7) is 8.76. The maximum Gasteiger partial charge on any atom is 0.255 e. The largest absolute Gasteiger partial charge is 0.378 e. The van der Waals surface area contributed by atoms with Crippen LogP contribution in [0, 0.1) is 0 Å². The fourth-order valence-electron chi connectivity index (χ4n) is 3.01. The topological polar surface area (TPSA) is 54.5 Å². The Kier molecular flexibility index (Phi) is 7.21. The Morgan fingerprint density at radius 3 is 2.50 bits per heavy atom. The summed E-state index contributed by atoms with van der Waals surface area (Å²) in [6, 6.07) is 10.2. The Morgan fingerprint density at radius 2 is 1.89 bits per heavy atom. The van der Waals surface area contributed by atoms with Crippen molar-refractivity contribution in [2.75, 3.05) is 31.6 Å². The fourth-order valence-corrected chi connectivity index (χ4v) is 4.06. The number of ether oxygens (including phenoxy) is 1. The number of amides is 1. The van der Waals surface area contributed by atoms with Gasteiger partial charge in [0.25, 0.3) is 5.91 Å². The summed E-state index contributed by atoms with van der Waals surface area (Å²) in [4.78, 5) is 20.0. The van der Waals surface area contributed by atoms with Crippen LogP contribution in [0.3, 0.4) is 0 Å². The molecule has 0 saturated carbocycles. The Bertz CT molecular complexity index is 808. The number of pyridine rings is 1.